The van der Waals surface area contributed by atoms with E-state index in [2.05, 4.69) is 9.97 Å². The van der Waals surface area contributed by atoms with Crippen molar-refractivity contribution in [1.29, 1.82) is 0 Å². The van der Waals surface area contributed by atoms with Gasteiger partial charge in [0.05, 0.1) is 13.5 Å². The highest BCUT2D eigenvalue weighted by atomic mass is 16.5. The van der Waals surface area contributed by atoms with E-state index in [1.807, 2.05) is 6.92 Å². The molecule has 0 fully saturated rings. The molecule has 0 unspecified atom stereocenters. The molecule has 0 aliphatic carbocycles. The first-order valence-electron chi connectivity index (χ1n) is 5.01. The number of carbonyl (C=O) groups is 1. The molecule has 0 amide bonds. The number of aliphatic carboxylic acids is 1. The first-order valence-corrected chi connectivity index (χ1v) is 5.01. The number of hydrogen-bond acceptors (Lipinski definition) is 5. The minimum Gasteiger partial charge on any atom is -0.481 e. The maximum absolute atomic E-state index is 10.5. The Morgan fingerprint density at radius 2 is 2.38 bits per heavy atom. The Balaban J connectivity index is 2.73. The standard InChI is InChI=1S/C10H15N3O3/c1-3-13(7-5-9(14)15)10-11-6-4-8(12-10)16-2/h4,6H,3,5,7H2,1-2H3,(H,14,15). The third-order valence-electron chi connectivity index (χ3n) is 2.09. The molecule has 6 nitrogen and oxygen atoms in total. The lowest BCUT2D eigenvalue weighted by Crippen LogP contribution is -2.27. The van der Waals surface area contributed by atoms with Gasteiger partial charge >= 0.3 is 5.97 Å². The fraction of sp³-hybridized carbons (Fsp3) is 0.500. The molecule has 6 heteroatoms. The third-order valence-corrected chi connectivity index (χ3v) is 2.09. The fourth-order valence-corrected chi connectivity index (χ4v) is 1.23. The van der Waals surface area contributed by atoms with E-state index in [-0.39, 0.29) is 6.42 Å². The lowest BCUT2D eigenvalue weighted by molar-refractivity contribution is -0.136. The number of anilines is 1. The van der Waals surface area contributed by atoms with Crippen LogP contribution in [-0.2, 0) is 4.79 Å². The number of carboxylic acids is 1. The van der Waals surface area contributed by atoms with Crippen LogP contribution in [0.25, 0.3) is 0 Å². The van der Waals surface area contributed by atoms with Gasteiger partial charge in [-0.05, 0) is 6.92 Å². The summed E-state index contributed by atoms with van der Waals surface area (Å²) in [5.74, 6) is 0.128. The number of carboxylic acid groups (broad SMARTS) is 1. The predicted molar refractivity (Wildman–Crippen MR) is 58.7 cm³/mol. The molecule has 1 N–H and O–H groups in total. The van der Waals surface area contributed by atoms with Crippen LogP contribution in [0, 0.1) is 0 Å². The van der Waals surface area contributed by atoms with Gasteiger partial charge in [0, 0.05) is 25.4 Å². The van der Waals surface area contributed by atoms with Gasteiger partial charge in [-0.1, -0.05) is 0 Å². The Kier molecular flexibility index (Phi) is 4.50. The van der Waals surface area contributed by atoms with Gasteiger partial charge in [0.2, 0.25) is 11.8 Å². The highest BCUT2D eigenvalue weighted by Gasteiger charge is 2.10. The van der Waals surface area contributed by atoms with Gasteiger partial charge < -0.3 is 14.7 Å². The summed E-state index contributed by atoms with van der Waals surface area (Å²) in [4.78, 5) is 20.5. The molecule has 0 saturated carbocycles. The maximum atomic E-state index is 10.5. The van der Waals surface area contributed by atoms with Crippen LogP contribution < -0.4 is 9.64 Å². The largest absolute Gasteiger partial charge is 0.481 e. The monoisotopic (exact) mass is 225 g/mol. The molecule has 0 spiro atoms. The van der Waals surface area contributed by atoms with E-state index in [1.165, 1.54) is 7.11 Å². The second-order valence-corrected chi connectivity index (χ2v) is 3.12. The van der Waals surface area contributed by atoms with Crippen molar-refractivity contribution in [2.24, 2.45) is 0 Å². The molecular weight excluding hydrogens is 210 g/mol. The zero-order valence-electron chi connectivity index (χ0n) is 9.38. The summed E-state index contributed by atoms with van der Waals surface area (Å²) >= 11 is 0. The molecule has 1 rings (SSSR count). The van der Waals surface area contributed by atoms with Crippen molar-refractivity contribution in [2.45, 2.75) is 13.3 Å². The van der Waals surface area contributed by atoms with Crippen LogP contribution in [0.2, 0.25) is 0 Å². The molecule has 0 aromatic carbocycles. The lowest BCUT2D eigenvalue weighted by Gasteiger charge is -2.19. The second-order valence-electron chi connectivity index (χ2n) is 3.12. The van der Waals surface area contributed by atoms with E-state index >= 15 is 0 Å². The summed E-state index contributed by atoms with van der Waals surface area (Å²) in [7, 11) is 1.53. The van der Waals surface area contributed by atoms with Crippen LogP contribution in [0.4, 0.5) is 5.95 Å². The van der Waals surface area contributed by atoms with Crippen LogP contribution in [0.1, 0.15) is 13.3 Å². The van der Waals surface area contributed by atoms with Crippen LogP contribution in [-0.4, -0.2) is 41.2 Å². The van der Waals surface area contributed by atoms with Crippen molar-refractivity contribution in [3.8, 4) is 5.88 Å². The molecule has 16 heavy (non-hydrogen) atoms. The van der Waals surface area contributed by atoms with Gasteiger partial charge in [-0.25, -0.2) is 4.98 Å². The van der Waals surface area contributed by atoms with E-state index in [9.17, 15) is 4.79 Å². The highest BCUT2D eigenvalue weighted by molar-refractivity contribution is 5.67. The summed E-state index contributed by atoms with van der Waals surface area (Å²) in [6.07, 6.45) is 1.65. The summed E-state index contributed by atoms with van der Waals surface area (Å²) in [6, 6.07) is 1.65. The van der Waals surface area contributed by atoms with Gasteiger partial charge in [-0.3, -0.25) is 4.79 Å². The van der Waals surface area contributed by atoms with Crippen molar-refractivity contribution in [2.75, 3.05) is 25.1 Å². The van der Waals surface area contributed by atoms with Crippen molar-refractivity contribution in [3.63, 3.8) is 0 Å². The predicted octanol–water partition coefficient (Wildman–Crippen LogP) is 0.786. The Labute approximate surface area is 93.9 Å². The Bertz CT molecular complexity index is 357. The topological polar surface area (TPSA) is 75.6 Å². The van der Waals surface area contributed by atoms with Crippen molar-refractivity contribution in [1.82, 2.24) is 9.97 Å². The van der Waals surface area contributed by atoms with Gasteiger partial charge in [0.25, 0.3) is 0 Å². The van der Waals surface area contributed by atoms with Crippen molar-refractivity contribution >= 4 is 11.9 Å². The third kappa shape index (κ3) is 3.38. The summed E-state index contributed by atoms with van der Waals surface area (Å²) < 4.78 is 4.98. The summed E-state index contributed by atoms with van der Waals surface area (Å²) in [5.41, 5.74) is 0. The van der Waals surface area contributed by atoms with Gasteiger partial charge in [0.15, 0.2) is 0 Å². The van der Waals surface area contributed by atoms with E-state index in [4.69, 9.17) is 9.84 Å². The van der Waals surface area contributed by atoms with Crippen LogP contribution in [0.5, 0.6) is 5.88 Å². The number of aromatic nitrogens is 2. The maximum Gasteiger partial charge on any atom is 0.305 e. The molecule has 0 aliphatic heterocycles. The van der Waals surface area contributed by atoms with E-state index < -0.39 is 5.97 Å². The fourth-order valence-electron chi connectivity index (χ4n) is 1.23. The Hall–Kier alpha value is -1.85. The minimum atomic E-state index is -0.832. The molecule has 0 atom stereocenters. The van der Waals surface area contributed by atoms with Crippen molar-refractivity contribution in [3.05, 3.63) is 12.3 Å². The molecule has 0 aliphatic rings. The zero-order valence-corrected chi connectivity index (χ0v) is 9.38. The minimum absolute atomic E-state index is 0.0639. The SMILES string of the molecule is CCN(CCC(=O)O)c1nccc(OC)n1. The molecule has 1 heterocycles. The van der Waals surface area contributed by atoms with Gasteiger partial charge in [-0.15, -0.1) is 0 Å². The normalized spacial score (nSPS) is 9.88. The zero-order chi connectivity index (χ0) is 12.0. The van der Waals surface area contributed by atoms with Crippen LogP contribution in [0.3, 0.4) is 0 Å². The average molecular weight is 225 g/mol. The van der Waals surface area contributed by atoms with E-state index in [0.29, 0.717) is 24.9 Å². The first-order chi connectivity index (χ1) is 7.67. The number of methoxy groups -OCH3 is 1. The molecule has 88 valence electrons. The van der Waals surface area contributed by atoms with E-state index in [1.54, 1.807) is 17.2 Å². The lowest BCUT2D eigenvalue weighted by atomic mass is 10.4. The smallest absolute Gasteiger partial charge is 0.305 e. The summed E-state index contributed by atoms with van der Waals surface area (Å²) in [6.45, 7) is 2.96. The molecule has 0 radical (unpaired) electrons. The quantitative estimate of drug-likeness (QED) is 0.771. The Morgan fingerprint density at radius 1 is 1.62 bits per heavy atom. The summed E-state index contributed by atoms with van der Waals surface area (Å²) in [5, 5.41) is 8.61. The highest BCUT2D eigenvalue weighted by Crippen LogP contribution is 2.12. The first kappa shape index (κ1) is 12.2. The molecule has 0 saturated heterocycles. The van der Waals surface area contributed by atoms with E-state index in [0.717, 1.165) is 0 Å². The van der Waals surface area contributed by atoms with Gasteiger partial charge in [-0.2, -0.15) is 4.98 Å². The molecule has 1 aromatic heterocycles. The number of hydrogen-bond donors (Lipinski definition) is 1. The average Bonchev–Trinajstić information content (AvgIpc) is 2.30. The molecule has 0 bridgehead atoms. The number of nitrogens with zero attached hydrogens (tertiary/aromatic N) is 3. The number of ether oxygens (including phenoxy) is 1. The van der Waals surface area contributed by atoms with Crippen LogP contribution in [0.15, 0.2) is 12.3 Å². The van der Waals surface area contributed by atoms with Crippen molar-refractivity contribution < 1.29 is 14.6 Å². The van der Waals surface area contributed by atoms with Crippen LogP contribution >= 0.6 is 0 Å². The van der Waals surface area contributed by atoms with Gasteiger partial charge in [0.1, 0.15) is 0 Å². The Morgan fingerprint density at radius 3 is 2.94 bits per heavy atom. The number of rotatable bonds is 6. The second kappa shape index (κ2) is 5.89. The molecular formula is C10H15N3O3. The molecule has 1 aromatic rings.